The lowest BCUT2D eigenvalue weighted by Gasteiger charge is -2.05. The van der Waals surface area contributed by atoms with Crippen molar-refractivity contribution < 1.29 is 20.1 Å². The van der Waals surface area contributed by atoms with E-state index < -0.39 is 32.7 Å². The van der Waals surface area contributed by atoms with Crippen LogP contribution in [0.2, 0.25) is 0 Å². The van der Waals surface area contributed by atoms with Crippen LogP contribution in [0, 0.1) is 23.8 Å². The summed E-state index contributed by atoms with van der Waals surface area (Å²) < 4.78 is 0.796. The van der Waals surface area contributed by atoms with E-state index in [0.29, 0.717) is 11.4 Å². The number of halogens is 1. The Balaban J connectivity index is 1.49. The standard InChI is InChI=1S/C24H15IN6O6/c25-19-11-15(3-8-20(19)29-28-18-7-10-24(33)22(13-18)31(36)37)14-1-4-16(5-2-14)26-27-17-6-9-23(32)21(12-17)30(34)35/h1-13,32-33H/b27-26+,29-28+. The molecule has 0 radical (unpaired) electrons. The number of benzene rings is 4. The number of nitrogens with zero attached hydrogens (tertiary/aromatic N) is 6. The van der Waals surface area contributed by atoms with Crippen LogP contribution >= 0.6 is 22.6 Å². The first-order valence-electron chi connectivity index (χ1n) is 10.4. The average Bonchev–Trinajstić information content (AvgIpc) is 2.88. The minimum absolute atomic E-state index is 0.231. The van der Waals surface area contributed by atoms with Gasteiger partial charge in [-0.2, -0.15) is 15.3 Å². The topological polar surface area (TPSA) is 176 Å². The molecule has 4 aromatic rings. The number of hydrogen-bond acceptors (Lipinski definition) is 10. The predicted molar refractivity (Wildman–Crippen MR) is 142 cm³/mol. The number of rotatable bonds is 7. The first kappa shape index (κ1) is 25.3. The molecule has 0 saturated carbocycles. The van der Waals surface area contributed by atoms with E-state index >= 15 is 0 Å². The highest BCUT2D eigenvalue weighted by Gasteiger charge is 2.14. The van der Waals surface area contributed by atoms with Gasteiger partial charge in [-0.25, -0.2) is 0 Å². The average molecular weight is 610 g/mol. The van der Waals surface area contributed by atoms with Crippen LogP contribution < -0.4 is 0 Å². The van der Waals surface area contributed by atoms with Crippen LogP contribution in [0.5, 0.6) is 11.5 Å². The number of phenolic OH excluding ortho intramolecular Hbond substituents is 2. The molecule has 0 aliphatic rings. The summed E-state index contributed by atoms with van der Waals surface area (Å²) in [5.74, 6) is -0.889. The molecule has 184 valence electrons. The molecule has 0 heterocycles. The minimum Gasteiger partial charge on any atom is -0.502 e. The minimum atomic E-state index is -0.698. The lowest BCUT2D eigenvalue weighted by Crippen LogP contribution is -1.87. The van der Waals surface area contributed by atoms with E-state index in [1.54, 1.807) is 18.2 Å². The van der Waals surface area contributed by atoms with Gasteiger partial charge in [0.25, 0.3) is 0 Å². The summed E-state index contributed by atoms with van der Waals surface area (Å²) in [6.45, 7) is 0. The molecule has 0 atom stereocenters. The van der Waals surface area contributed by atoms with Crippen molar-refractivity contribution in [1.82, 2.24) is 0 Å². The highest BCUT2D eigenvalue weighted by Crippen LogP contribution is 2.34. The summed E-state index contributed by atoms with van der Waals surface area (Å²) in [7, 11) is 0. The van der Waals surface area contributed by atoms with E-state index in [-0.39, 0.29) is 11.4 Å². The zero-order valence-corrected chi connectivity index (χ0v) is 20.8. The van der Waals surface area contributed by atoms with Crippen molar-refractivity contribution in [2.75, 3.05) is 0 Å². The van der Waals surface area contributed by atoms with E-state index in [1.807, 2.05) is 24.3 Å². The summed E-state index contributed by atoms with van der Waals surface area (Å²) in [4.78, 5) is 20.5. The molecular weight excluding hydrogens is 595 g/mol. The fourth-order valence-corrected chi connectivity index (χ4v) is 3.78. The molecule has 0 unspecified atom stereocenters. The second-order valence-corrected chi connectivity index (χ2v) is 8.64. The highest BCUT2D eigenvalue weighted by molar-refractivity contribution is 14.1. The second-order valence-electron chi connectivity index (χ2n) is 7.47. The van der Waals surface area contributed by atoms with Gasteiger partial charge in [-0.15, -0.1) is 5.11 Å². The van der Waals surface area contributed by atoms with E-state index in [9.17, 15) is 30.4 Å². The fraction of sp³-hybridized carbons (Fsp3) is 0. The van der Waals surface area contributed by atoms with Crippen molar-refractivity contribution in [3.8, 4) is 22.6 Å². The summed E-state index contributed by atoms with van der Waals surface area (Å²) in [6, 6.07) is 20.2. The molecule has 12 nitrogen and oxygen atoms in total. The summed E-state index contributed by atoms with van der Waals surface area (Å²) in [5.41, 5.74) is 2.46. The van der Waals surface area contributed by atoms with Crippen molar-refractivity contribution in [3.05, 3.63) is 103 Å². The van der Waals surface area contributed by atoms with Crippen LogP contribution in [0.15, 0.2) is 99.3 Å². The van der Waals surface area contributed by atoms with E-state index in [2.05, 4.69) is 43.0 Å². The number of hydrogen-bond donors (Lipinski definition) is 2. The zero-order valence-electron chi connectivity index (χ0n) is 18.6. The quantitative estimate of drug-likeness (QED) is 0.0926. The molecule has 0 aromatic heterocycles. The Bertz CT molecular complexity index is 1570. The predicted octanol–water partition coefficient (Wildman–Crippen LogP) is 8.02. The number of aromatic hydroxyl groups is 2. The normalized spacial score (nSPS) is 11.3. The van der Waals surface area contributed by atoms with Crippen molar-refractivity contribution in [3.63, 3.8) is 0 Å². The Morgan fingerprint density at radius 2 is 1.05 bits per heavy atom. The molecule has 0 bridgehead atoms. The second kappa shape index (κ2) is 10.9. The third-order valence-electron chi connectivity index (χ3n) is 5.01. The van der Waals surface area contributed by atoms with Gasteiger partial charge in [-0.3, -0.25) is 20.2 Å². The maximum atomic E-state index is 11.0. The number of nitro benzene ring substituents is 2. The van der Waals surface area contributed by atoms with E-state index in [0.717, 1.165) is 26.8 Å². The van der Waals surface area contributed by atoms with Gasteiger partial charge in [-0.1, -0.05) is 18.2 Å². The van der Waals surface area contributed by atoms with Gasteiger partial charge in [0.05, 0.1) is 32.6 Å². The monoisotopic (exact) mass is 610 g/mol. The first-order valence-corrected chi connectivity index (χ1v) is 11.5. The maximum absolute atomic E-state index is 11.0. The summed E-state index contributed by atoms with van der Waals surface area (Å²) in [5, 5.41) is 57.3. The van der Waals surface area contributed by atoms with Gasteiger partial charge in [0, 0.05) is 15.7 Å². The summed E-state index contributed by atoms with van der Waals surface area (Å²) >= 11 is 2.11. The number of nitro groups is 2. The summed E-state index contributed by atoms with van der Waals surface area (Å²) in [6.07, 6.45) is 0. The van der Waals surface area contributed by atoms with Gasteiger partial charge in [-0.05, 0) is 82.2 Å². The molecule has 0 amide bonds. The van der Waals surface area contributed by atoms with Gasteiger partial charge < -0.3 is 10.2 Å². The Kier molecular flexibility index (Phi) is 7.43. The number of azo groups is 2. The van der Waals surface area contributed by atoms with Crippen molar-refractivity contribution in [2.45, 2.75) is 0 Å². The maximum Gasteiger partial charge on any atom is 0.312 e. The molecule has 0 spiro atoms. The molecule has 4 rings (SSSR count). The Hall–Kier alpha value is -4.79. The molecule has 0 aliphatic heterocycles. The Labute approximate surface area is 222 Å². The SMILES string of the molecule is O=[N+]([O-])c1cc(/N=N/c2ccc(-c3ccc(/N=N/c4ccc(O)c([N+](=O)[O-])c4)c(I)c3)cc2)ccc1O. The molecular formula is C24H15IN6O6. The van der Waals surface area contributed by atoms with E-state index in [4.69, 9.17) is 0 Å². The van der Waals surface area contributed by atoms with Crippen LogP contribution in [0.1, 0.15) is 0 Å². The Morgan fingerprint density at radius 3 is 1.57 bits per heavy atom. The van der Waals surface area contributed by atoms with Gasteiger partial charge in [0.2, 0.25) is 0 Å². The first-order chi connectivity index (χ1) is 17.7. The lowest BCUT2D eigenvalue weighted by atomic mass is 10.1. The smallest absolute Gasteiger partial charge is 0.312 e. The molecule has 13 heteroatoms. The van der Waals surface area contributed by atoms with Gasteiger partial charge >= 0.3 is 11.4 Å². The van der Waals surface area contributed by atoms with Crippen LogP contribution in [0.3, 0.4) is 0 Å². The van der Waals surface area contributed by atoms with Crippen LogP contribution in [-0.4, -0.2) is 20.1 Å². The zero-order chi connectivity index (χ0) is 26.5. The third-order valence-corrected chi connectivity index (χ3v) is 5.88. The largest absolute Gasteiger partial charge is 0.502 e. The molecule has 0 saturated heterocycles. The van der Waals surface area contributed by atoms with Crippen LogP contribution in [0.4, 0.5) is 34.1 Å². The van der Waals surface area contributed by atoms with Crippen molar-refractivity contribution in [2.24, 2.45) is 20.5 Å². The van der Waals surface area contributed by atoms with Crippen LogP contribution in [-0.2, 0) is 0 Å². The van der Waals surface area contributed by atoms with Gasteiger partial charge in [0.15, 0.2) is 11.5 Å². The molecule has 0 fully saturated rings. The van der Waals surface area contributed by atoms with Crippen molar-refractivity contribution in [1.29, 1.82) is 0 Å². The lowest BCUT2D eigenvalue weighted by molar-refractivity contribution is -0.385. The highest BCUT2D eigenvalue weighted by atomic mass is 127. The van der Waals surface area contributed by atoms with Crippen molar-refractivity contribution >= 4 is 56.7 Å². The van der Waals surface area contributed by atoms with Gasteiger partial charge in [0.1, 0.15) is 0 Å². The molecule has 4 aromatic carbocycles. The Morgan fingerprint density at radius 1 is 0.595 bits per heavy atom. The number of phenols is 2. The van der Waals surface area contributed by atoms with E-state index in [1.165, 1.54) is 24.3 Å². The molecule has 37 heavy (non-hydrogen) atoms. The fourth-order valence-electron chi connectivity index (χ4n) is 3.16. The third kappa shape index (κ3) is 6.07. The van der Waals surface area contributed by atoms with Crippen LogP contribution in [0.25, 0.3) is 11.1 Å². The molecule has 2 N–H and O–H groups in total. The molecule has 0 aliphatic carbocycles.